The first-order valence-corrected chi connectivity index (χ1v) is 6.47. The molecule has 2 amide bonds. The Labute approximate surface area is 104 Å². The number of amides is 2. The van der Waals surface area contributed by atoms with Gasteiger partial charge in [-0.15, -0.1) is 0 Å². The van der Waals surface area contributed by atoms with E-state index in [0.717, 1.165) is 25.7 Å². The summed E-state index contributed by atoms with van der Waals surface area (Å²) in [4.78, 5) is 25.0. The summed E-state index contributed by atoms with van der Waals surface area (Å²) >= 11 is 0. The molecular weight excluding hydrogens is 242 g/mol. The normalized spacial score (nSPS) is 37.8. The minimum Gasteiger partial charge on any atom is -0.350 e. The van der Waals surface area contributed by atoms with Crippen molar-refractivity contribution in [2.45, 2.75) is 50.1 Å². The van der Waals surface area contributed by atoms with Gasteiger partial charge in [0.1, 0.15) is 5.92 Å². The lowest BCUT2D eigenvalue weighted by Gasteiger charge is -2.44. The van der Waals surface area contributed by atoms with Crippen molar-refractivity contribution in [3.63, 3.8) is 0 Å². The summed E-state index contributed by atoms with van der Waals surface area (Å²) in [5, 5.41) is 2.86. The van der Waals surface area contributed by atoms with Crippen molar-refractivity contribution in [3.8, 4) is 0 Å². The van der Waals surface area contributed by atoms with E-state index in [0.29, 0.717) is 0 Å². The quantitative estimate of drug-likeness (QED) is 0.760. The molecule has 1 heterocycles. The topological polar surface area (TPSA) is 49.4 Å². The second-order valence-electron chi connectivity index (χ2n) is 5.51. The highest BCUT2D eigenvalue weighted by Crippen LogP contribution is 2.50. The second kappa shape index (κ2) is 3.90. The Morgan fingerprint density at radius 1 is 1.33 bits per heavy atom. The van der Waals surface area contributed by atoms with Gasteiger partial charge in [0.05, 0.1) is 12.6 Å². The zero-order valence-corrected chi connectivity index (χ0v) is 9.99. The highest BCUT2D eigenvalue weighted by Gasteiger charge is 2.63. The van der Waals surface area contributed by atoms with Crippen LogP contribution in [0.15, 0.2) is 0 Å². The predicted octanol–water partition coefficient (Wildman–Crippen LogP) is 0.911. The van der Waals surface area contributed by atoms with Crippen molar-refractivity contribution < 1.29 is 18.4 Å². The molecule has 3 unspecified atom stereocenters. The van der Waals surface area contributed by atoms with Gasteiger partial charge in [-0.25, -0.2) is 8.78 Å². The van der Waals surface area contributed by atoms with Crippen LogP contribution < -0.4 is 5.32 Å². The first-order valence-electron chi connectivity index (χ1n) is 6.47. The fourth-order valence-corrected chi connectivity index (χ4v) is 3.10. The van der Waals surface area contributed by atoms with Gasteiger partial charge >= 0.3 is 0 Å². The van der Waals surface area contributed by atoms with Crippen LogP contribution in [-0.2, 0) is 9.59 Å². The minimum absolute atomic E-state index is 0.0451. The maximum atomic E-state index is 13.0. The van der Waals surface area contributed by atoms with Gasteiger partial charge in [-0.1, -0.05) is 12.8 Å². The molecule has 2 saturated carbocycles. The third-order valence-electron chi connectivity index (χ3n) is 4.20. The van der Waals surface area contributed by atoms with E-state index in [4.69, 9.17) is 0 Å². The number of nitrogens with zero attached hydrogens (tertiary/aromatic N) is 1. The number of rotatable bonds is 1. The molecule has 6 heteroatoms. The third-order valence-corrected chi connectivity index (χ3v) is 4.20. The van der Waals surface area contributed by atoms with Crippen LogP contribution in [0.3, 0.4) is 0 Å². The van der Waals surface area contributed by atoms with Crippen LogP contribution in [0.2, 0.25) is 0 Å². The number of carbonyl (C=O) groups is 2. The van der Waals surface area contributed by atoms with Gasteiger partial charge in [-0.05, 0) is 12.8 Å². The summed E-state index contributed by atoms with van der Waals surface area (Å²) in [6, 6.07) is -0.128. The Hall–Kier alpha value is -1.20. The Balaban J connectivity index is 1.76. The lowest BCUT2D eigenvalue weighted by atomic mass is 9.87. The molecule has 3 aliphatic rings. The first-order chi connectivity index (χ1) is 8.49. The summed E-state index contributed by atoms with van der Waals surface area (Å²) in [6.07, 6.45) is 3.28. The molecule has 0 spiro atoms. The van der Waals surface area contributed by atoms with E-state index in [1.807, 2.05) is 0 Å². The summed E-state index contributed by atoms with van der Waals surface area (Å²) in [7, 11) is 0. The lowest BCUT2D eigenvalue weighted by Crippen LogP contribution is -2.63. The number of hydrogen-bond donors (Lipinski definition) is 1. The number of fused-ring (bicyclic) bond motifs is 1. The highest BCUT2D eigenvalue weighted by atomic mass is 19.3. The maximum Gasteiger partial charge on any atom is 0.260 e. The zero-order valence-electron chi connectivity index (χ0n) is 9.99. The monoisotopic (exact) mass is 258 g/mol. The molecule has 0 aromatic carbocycles. The summed E-state index contributed by atoms with van der Waals surface area (Å²) in [5.41, 5.74) is 0. The fourth-order valence-electron chi connectivity index (χ4n) is 3.10. The molecule has 4 nitrogen and oxygen atoms in total. The average molecular weight is 258 g/mol. The van der Waals surface area contributed by atoms with Crippen molar-refractivity contribution in [2.75, 3.05) is 6.54 Å². The molecule has 0 aromatic rings. The summed E-state index contributed by atoms with van der Waals surface area (Å²) < 4.78 is 25.9. The molecule has 2 aliphatic carbocycles. The number of alkyl halides is 2. The number of carbonyl (C=O) groups excluding carboxylic acids is 2. The van der Waals surface area contributed by atoms with Crippen molar-refractivity contribution in [1.82, 2.24) is 10.2 Å². The fraction of sp³-hybridized carbons (Fsp3) is 0.833. The molecule has 3 atom stereocenters. The van der Waals surface area contributed by atoms with Gasteiger partial charge in [0, 0.05) is 12.5 Å². The van der Waals surface area contributed by atoms with Crippen LogP contribution in [0.4, 0.5) is 8.78 Å². The Morgan fingerprint density at radius 3 is 2.67 bits per heavy atom. The van der Waals surface area contributed by atoms with E-state index in [2.05, 4.69) is 5.32 Å². The number of piperazine rings is 1. The van der Waals surface area contributed by atoms with Crippen LogP contribution >= 0.6 is 0 Å². The molecular formula is C12H16F2N2O2. The van der Waals surface area contributed by atoms with Gasteiger partial charge < -0.3 is 10.2 Å². The van der Waals surface area contributed by atoms with E-state index < -0.39 is 17.7 Å². The smallest absolute Gasteiger partial charge is 0.260 e. The zero-order chi connectivity index (χ0) is 12.9. The second-order valence-corrected chi connectivity index (χ2v) is 5.51. The minimum atomic E-state index is -2.85. The lowest BCUT2D eigenvalue weighted by molar-refractivity contribution is -0.147. The molecule has 0 aromatic heterocycles. The predicted molar refractivity (Wildman–Crippen MR) is 59.0 cm³/mol. The largest absolute Gasteiger partial charge is 0.350 e. The van der Waals surface area contributed by atoms with Crippen LogP contribution in [0.5, 0.6) is 0 Å². The van der Waals surface area contributed by atoms with Crippen LogP contribution in [-0.4, -0.2) is 41.3 Å². The number of halogens is 2. The Bertz CT molecular complexity index is 400. The third kappa shape index (κ3) is 1.87. The van der Waals surface area contributed by atoms with Gasteiger partial charge in [-0.2, -0.15) is 0 Å². The van der Waals surface area contributed by atoms with E-state index in [1.54, 1.807) is 0 Å². The molecule has 1 aliphatic heterocycles. The van der Waals surface area contributed by atoms with E-state index in [-0.39, 0.29) is 31.0 Å². The highest BCUT2D eigenvalue weighted by molar-refractivity contribution is 5.89. The van der Waals surface area contributed by atoms with E-state index in [9.17, 15) is 18.4 Å². The van der Waals surface area contributed by atoms with Crippen molar-refractivity contribution >= 4 is 11.8 Å². The SMILES string of the molecule is O=C1CN(C(=O)C2CC2(F)F)C2CCCCC2N1. The number of hydrogen-bond acceptors (Lipinski definition) is 2. The molecule has 18 heavy (non-hydrogen) atoms. The standard InChI is InChI=1S/C12H16F2N2O2/c13-12(14)5-7(12)11(18)16-6-10(17)15-8-3-1-2-4-9(8)16/h7-9H,1-6H2,(H,15,17). The molecule has 3 fully saturated rings. The summed E-state index contributed by atoms with van der Waals surface area (Å²) in [5.74, 6) is -4.80. The Morgan fingerprint density at radius 2 is 2.00 bits per heavy atom. The van der Waals surface area contributed by atoms with Gasteiger partial charge in [0.25, 0.3) is 5.92 Å². The van der Waals surface area contributed by atoms with Gasteiger partial charge in [0.2, 0.25) is 11.8 Å². The van der Waals surface area contributed by atoms with E-state index in [1.165, 1.54) is 4.90 Å². The Kier molecular flexibility index (Phi) is 2.57. The molecule has 0 bridgehead atoms. The van der Waals surface area contributed by atoms with Gasteiger partial charge in [-0.3, -0.25) is 9.59 Å². The summed E-state index contributed by atoms with van der Waals surface area (Å²) in [6.45, 7) is -0.0629. The maximum absolute atomic E-state index is 13.0. The van der Waals surface area contributed by atoms with Crippen molar-refractivity contribution in [2.24, 2.45) is 5.92 Å². The average Bonchev–Trinajstić information content (AvgIpc) is 2.96. The number of nitrogens with one attached hydrogen (secondary N) is 1. The van der Waals surface area contributed by atoms with Crippen LogP contribution in [0, 0.1) is 5.92 Å². The molecule has 3 rings (SSSR count). The molecule has 100 valence electrons. The van der Waals surface area contributed by atoms with Crippen LogP contribution in [0.25, 0.3) is 0 Å². The molecule has 1 N–H and O–H groups in total. The molecule has 1 saturated heterocycles. The van der Waals surface area contributed by atoms with Gasteiger partial charge in [0.15, 0.2) is 0 Å². The van der Waals surface area contributed by atoms with Crippen molar-refractivity contribution in [1.29, 1.82) is 0 Å². The first kappa shape index (κ1) is 11.9. The van der Waals surface area contributed by atoms with E-state index >= 15 is 0 Å². The van der Waals surface area contributed by atoms with Crippen LogP contribution in [0.1, 0.15) is 32.1 Å². The molecule has 0 radical (unpaired) electrons. The van der Waals surface area contributed by atoms with Crippen molar-refractivity contribution in [3.05, 3.63) is 0 Å².